The molecular formula is C23H21N3O6S. The number of anilines is 1. The predicted octanol–water partition coefficient (Wildman–Crippen LogP) is 3.05. The molecule has 2 N–H and O–H groups in total. The number of nitrogens with one attached hydrogen (secondary N) is 2. The van der Waals surface area contributed by atoms with Crippen molar-refractivity contribution >= 4 is 33.8 Å². The molecule has 0 heterocycles. The van der Waals surface area contributed by atoms with Gasteiger partial charge in [0.2, 0.25) is 0 Å². The summed E-state index contributed by atoms with van der Waals surface area (Å²) >= 11 is 0. The lowest BCUT2D eigenvalue weighted by Gasteiger charge is -2.09. The Morgan fingerprint density at radius 3 is 2.24 bits per heavy atom. The van der Waals surface area contributed by atoms with Crippen molar-refractivity contribution in [3.8, 4) is 5.75 Å². The minimum Gasteiger partial charge on any atom is -0.497 e. The fraction of sp³-hybridized carbons (Fsp3) is 0.0870. The largest absolute Gasteiger partial charge is 0.497 e. The average molecular weight is 468 g/mol. The van der Waals surface area contributed by atoms with Gasteiger partial charge in [-0.15, -0.1) is 0 Å². The fourth-order valence-electron chi connectivity index (χ4n) is 2.73. The van der Waals surface area contributed by atoms with E-state index in [1.807, 2.05) is 0 Å². The smallest absolute Gasteiger partial charge is 0.337 e. The SMILES string of the molecule is COC(=O)c1ccc(/C=N/NC(=O)c2cccc(S(=O)(=O)Nc3ccc(OC)cc3)c2)cc1. The van der Waals surface area contributed by atoms with Crippen molar-refractivity contribution in [2.45, 2.75) is 4.90 Å². The number of hydrazone groups is 1. The minimum atomic E-state index is -3.91. The van der Waals surface area contributed by atoms with Crippen molar-refractivity contribution in [3.05, 3.63) is 89.5 Å². The van der Waals surface area contributed by atoms with Crippen LogP contribution in [-0.2, 0) is 14.8 Å². The third-order valence-electron chi connectivity index (χ3n) is 4.46. The van der Waals surface area contributed by atoms with E-state index in [1.165, 1.54) is 44.7 Å². The van der Waals surface area contributed by atoms with Gasteiger partial charge in [-0.1, -0.05) is 18.2 Å². The summed E-state index contributed by atoms with van der Waals surface area (Å²) in [4.78, 5) is 23.8. The van der Waals surface area contributed by atoms with E-state index in [2.05, 4.69) is 20.0 Å². The Balaban J connectivity index is 1.67. The third-order valence-corrected chi connectivity index (χ3v) is 5.84. The summed E-state index contributed by atoms with van der Waals surface area (Å²) in [6.45, 7) is 0. The molecule has 0 fully saturated rings. The van der Waals surface area contributed by atoms with E-state index < -0.39 is 21.9 Å². The maximum absolute atomic E-state index is 12.7. The Kier molecular flexibility index (Phi) is 7.42. The predicted molar refractivity (Wildman–Crippen MR) is 123 cm³/mol. The third kappa shape index (κ3) is 6.17. The van der Waals surface area contributed by atoms with Gasteiger partial charge >= 0.3 is 5.97 Å². The average Bonchev–Trinajstić information content (AvgIpc) is 2.84. The second-order valence-electron chi connectivity index (χ2n) is 6.67. The lowest BCUT2D eigenvalue weighted by atomic mass is 10.1. The standard InChI is InChI=1S/C23H21N3O6S/c1-31-20-12-10-19(11-13-20)26-33(29,30)21-5-3-4-18(14-21)22(27)25-24-15-16-6-8-17(9-7-16)23(28)32-2/h3-15,26H,1-2H3,(H,25,27)/b24-15+. The van der Waals surface area contributed by atoms with Gasteiger partial charge in [0.15, 0.2) is 0 Å². The molecule has 0 spiro atoms. The molecule has 0 bridgehead atoms. The first-order valence-electron chi connectivity index (χ1n) is 9.61. The quantitative estimate of drug-likeness (QED) is 0.298. The van der Waals surface area contributed by atoms with E-state index in [0.29, 0.717) is 22.6 Å². The van der Waals surface area contributed by atoms with Crippen molar-refractivity contribution in [1.82, 2.24) is 5.43 Å². The monoisotopic (exact) mass is 467 g/mol. The fourth-order valence-corrected chi connectivity index (χ4v) is 3.83. The van der Waals surface area contributed by atoms with Crippen LogP contribution in [0.4, 0.5) is 5.69 Å². The number of carbonyl (C=O) groups is 2. The highest BCUT2D eigenvalue weighted by atomic mass is 32.2. The molecule has 1 amide bonds. The van der Waals surface area contributed by atoms with Gasteiger partial charge < -0.3 is 9.47 Å². The van der Waals surface area contributed by atoms with Crippen LogP contribution in [0.1, 0.15) is 26.3 Å². The molecule has 0 radical (unpaired) electrons. The summed E-state index contributed by atoms with van der Waals surface area (Å²) in [5.41, 5.74) is 3.85. The van der Waals surface area contributed by atoms with Crippen LogP contribution in [-0.4, -0.2) is 40.7 Å². The highest BCUT2D eigenvalue weighted by Crippen LogP contribution is 2.20. The normalized spacial score (nSPS) is 11.1. The van der Waals surface area contributed by atoms with Gasteiger partial charge in [-0.2, -0.15) is 5.10 Å². The molecule has 3 aromatic rings. The topological polar surface area (TPSA) is 123 Å². The van der Waals surface area contributed by atoms with Crippen LogP contribution in [0.25, 0.3) is 0 Å². The Morgan fingerprint density at radius 2 is 1.61 bits per heavy atom. The summed E-state index contributed by atoms with van der Waals surface area (Å²) in [6.07, 6.45) is 1.39. The number of nitrogens with zero attached hydrogens (tertiary/aromatic N) is 1. The van der Waals surface area contributed by atoms with E-state index >= 15 is 0 Å². The molecule has 33 heavy (non-hydrogen) atoms. The lowest BCUT2D eigenvalue weighted by molar-refractivity contribution is 0.0600. The highest BCUT2D eigenvalue weighted by molar-refractivity contribution is 7.92. The summed E-state index contributed by atoms with van der Waals surface area (Å²) in [6, 6.07) is 18.4. The molecule has 0 atom stereocenters. The van der Waals surface area contributed by atoms with Crippen molar-refractivity contribution < 1.29 is 27.5 Å². The molecule has 0 aliphatic heterocycles. The van der Waals surface area contributed by atoms with Crippen LogP contribution in [0.2, 0.25) is 0 Å². The van der Waals surface area contributed by atoms with Crippen LogP contribution in [0.3, 0.4) is 0 Å². The van der Waals surface area contributed by atoms with Gasteiger partial charge in [0, 0.05) is 11.3 Å². The van der Waals surface area contributed by atoms with E-state index in [1.54, 1.807) is 48.5 Å². The summed E-state index contributed by atoms with van der Waals surface area (Å²) < 4.78 is 37.5. The number of rotatable bonds is 8. The molecule has 3 aromatic carbocycles. The second kappa shape index (κ2) is 10.4. The highest BCUT2D eigenvalue weighted by Gasteiger charge is 2.16. The molecule has 0 saturated carbocycles. The number of carbonyl (C=O) groups excluding carboxylic acids is 2. The number of hydrogen-bond donors (Lipinski definition) is 2. The molecule has 0 aliphatic rings. The van der Waals surface area contributed by atoms with E-state index in [9.17, 15) is 18.0 Å². The maximum atomic E-state index is 12.7. The number of methoxy groups -OCH3 is 2. The zero-order chi connectivity index (χ0) is 23.8. The zero-order valence-corrected chi connectivity index (χ0v) is 18.6. The van der Waals surface area contributed by atoms with Crippen molar-refractivity contribution in [3.63, 3.8) is 0 Å². The van der Waals surface area contributed by atoms with Crippen LogP contribution in [0, 0.1) is 0 Å². The number of hydrogen-bond acceptors (Lipinski definition) is 7. The molecular weight excluding hydrogens is 446 g/mol. The first-order valence-corrected chi connectivity index (χ1v) is 11.1. The Morgan fingerprint density at radius 1 is 0.909 bits per heavy atom. The van der Waals surface area contributed by atoms with Gasteiger partial charge in [0.05, 0.1) is 30.9 Å². The van der Waals surface area contributed by atoms with Gasteiger partial charge in [0.25, 0.3) is 15.9 Å². The first kappa shape index (κ1) is 23.5. The molecule has 0 saturated heterocycles. The Bertz CT molecular complexity index is 1270. The molecule has 9 nitrogen and oxygen atoms in total. The van der Waals surface area contributed by atoms with Gasteiger partial charge in [-0.25, -0.2) is 18.6 Å². The van der Waals surface area contributed by atoms with Crippen LogP contribution >= 0.6 is 0 Å². The molecule has 3 rings (SSSR count). The zero-order valence-electron chi connectivity index (χ0n) is 17.8. The second-order valence-corrected chi connectivity index (χ2v) is 8.36. The molecule has 0 unspecified atom stereocenters. The van der Waals surface area contributed by atoms with Crippen LogP contribution in [0.15, 0.2) is 82.8 Å². The lowest BCUT2D eigenvalue weighted by Crippen LogP contribution is -2.19. The van der Waals surface area contributed by atoms with E-state index in [4.69, 9.17) is 4.74 Å². The molecule has 10 heteroatoms. The minimum absolute atomic E-state index is 0.0756. The van der Waals surface area contributed by atoms with Gasteiger partial charge in [-0.05, 0) is 60.2 Å². The number of amides is 1. The molecule has 0 aromatic heterocycles. The maximum Gasteiger partial charge on any atom is 0.337 e. The number of benzene rings is 3. The van der Waals surface area contributed by atoms with Crippen LogP contribution < -0.4 is 14.9 Å². The molecule has 0 aliphatic carbocycles. The Hall–Kier alpha value is -4.18. The van der Waals surface area contributed by atoms with E-state index in [-0.39, 0.29) is 10.5 Å². The van der Waals surface area contributed by atoms with E-state index in [0.717, 1.165) is 0 Å². The summed E-state index contributed by atoms with van der Waals surface area (Å²) in [7, 11) is -1.10. The van der Waals surface area contributed by atoms with Crippen molar-refractivity contribution in [2.75, 3.05) is 18.9 Å². The molecule has 170 valence electrons. The number of esters is 1. The summed E-state index contributed by atoms with van der Waals surface area (Å²) in [5, 5.41) is 3.87. The Labute approximate surface area is 191 Å². The van der Waals surface area contributed by atoms with Gasteiger partial charge in [-0.3, -0.25) is 9.52 Å². The van der Waals surface area contributed by atoms with Crippen LogP contribution in [0.5, 0.6) is 5.75 Å². The van der Waals surface area contributed by atoms with Crippen molar-refractivity contribution in [2.24, 2.45) is 5.10 Å². The summed E-state index contributed by atoms with van der Waals surface area (Å²) in [5.74, 6) is -0.446. The van der Waals surface area contributed by atoms with Crippen molar-refractivity contribution in [1.29, 1.82) is 0 Å². The number of ether oxygens (including phenoxy) is 2. The number of sulfonamides is 1. The first-order chi connectivity index (χ1) is 15.8. The van der Waals surface area contributed by atoms with Gasteiger partial charge in [0.1, 0.15) is 5.75 Å².